The Balaban J connectivity index is 2.02. The summed E-state index contributed by atoms with van der Waals surface area (Å²) in [4.78, 5) is 14.1. The number of phenolic OH excluding ortho intramolecular Hbond substituents is 2. The zero-order valence-corrected chi connectivity index (χ0v) is 12.2. The molecule has 0 radical (unpaired) electrons. The summed E-state index contributed by atoms with van der Waals surface area (Å²) >= 11 is 0. The third-order valence-electron chi connectivity index (χ3n) is 3.23. The van der Waals surface area contributed by atoms with Crippen molar-refractivity contribution in [1.29, 1.82) is 0 Å². The number of hydrogen-bond donors (Lipinski definition) is 2. The molecular weight excluding hydrogens is 266 g/mol. The van der Waals surface area contributed by atoms with Crippen molar-refractivity contribution in [3.05, 3.63) is 59.2 Å². The van der Waals surface area contributed by atoms with Gasteiger partial charge in [-0.3, -0.25) is 9.69 Å². The zero-order valence-electron chi connectivity index (χ0n) is 12.2. The number of rotatable bonds is 5. The number of likely N-dealkylation sites (N-methyl/N-ethyl adjacent to an activating group) is 1. The smallest absolute Gasteiger partial charge is 0.180 e. The van der Waals surface area contributed by atoms with Crippen molar-refractivity contribution < 1.29 is 15.0 Å². The Kier molecular flexibility index (Phi) is 4.60. The molecule has 2 aromatic carbocycles. The first-order chi connectivity index (χ1) is 9.95. The van der Waals surface area contributed by atoms with Gasteiger partial charge in [0.25, 0.3) is 0 Å². The molecule has 0 aromatic heterocycles. The Bertz CT molecular complexity index is 652. The molecule has 110 valence electrons. The second-order valence-electron chi connectivity index (χ2n) is 5.29. The van der Waals surface area contributed by atoms with E-state index in [4.69, 9.17) is 0 Å². The highest BCUT2D eigenvalue weighted by Gasteiger charge is 2.14. The molecule has 0 aliphatic carbocycles. The number of aryl methyl sites for hydroxylation is 1. The Morgan fingerprint density at radius 3 is 2.57 bits per heavy atom. The van der Waals surface area contributed by atoms with Gasteiger partial charge in [-0.2, -0.15) is 0 Å². The molecule has 0 aliphatic heterocycles. The van der Waals surface area contributed by atoms with Crippen LogP contribution in [0.1, 0.15) is 21.5 Å². The first kappa shape index (κ1) is 15.1. The maximum atomic E-state index is 12.2. The van der Waals surface area contributed by atoms with Crippen molar-refractivity contribution >= 4 is 5.78 Å². The molecule has 0 amide bonds. The lowest BCUT2D eigenvalue weighted by atomic mass is 10.1. The van der Waals surface area contributed by atoms with Gasteiger partial charge < -0.3 is 10.2 Å². The van der Waals surface area contributed by atoms with Crippen LogP contribution in [0.5, 0.6) is 11.5 Å². The molecule has 0 saturated carbocycles. The Labute approximate surface area is 124 Å². The predicted octanol–water partition coefficient (Wildman–Crippen LogP) is 2.72. The highest BCUT2D eigenvalue weighted by Crippen LogP contribution is 2.23. The molecule has 0 bridgehead atoms. The molecule has 4 nitrogen and oxygen atoms in total. The van der Waals surface area contributed by atoms with Crippen LogP contribution in [0.2, 0.25) is 0 Å². The average molecular weight is 285 g/mol. The lowest BCUT2D eigenvalue weighted by Crippen LogP contribution is -2.25. The highest BCUT2D eigenvalue weighted by atomic mass is 16.3. The fraction of sp³-hybridized carbons (Fsp3) is 0.235. The van der Waals surface area contributed by atoms with Crippen LogP contribution in [0.3, 0.4) is 0 Å². The number of hydrogen-bond acceptors (Lipinski definition) is 4. The second-order valence-corrected chi connectivity index (χ2v) is 5.29. The first-order valence-corrected chi connectivity index (χ1v) is 6.75. The van der Waals surface area contributed by atoms with Gasteiger partial charge in [-0.1, -0.05) is 29.8 Å². The summed E-state index contributed by atoms with van der Waals surface area (Å²) in [6.45, 7) is 2.89. The van der Waals surface area contributed by atoms with E-state index >= 15 is 0 Å². The van der Waals surface area contributed by atoms with Crippen LogP contribution in [0.25, 0.3) is 0 Å². The molecule has 2 rings (SSSR count). The van der Waals surface area contributed by atoms with E-state index in [1.54, 1.807) is 0 Å². The molecule has 21 heavy (non-hydrogen) atoms. The third-order valence-corrected chi connectivity index (χ3v) is 3.23. The van der Waals surface area contributed by atoms with Gasteiger partial charge in [0.15, 0.2) is 5.78 Å². The van der Waals surface area contributed by atoms with Gasteiger partial charge in [-0.25, -0.2) is 0 Å². The molecule has 2 N–H and O–H groups in total. The van der Waals surface area contributed by atoms with E-state index in [0.29, 0.717) is 6.54 Å². The standard InChI is InChI=1S/C17H19NO3/c1-12-4-3-5-13(8-12)10-18(2)11-17(21)15-7-6-14(19)9-16(15)20/h3-9,19-20H,10-11H2,1-2H3. The molecule has 0 saturated heterocycles. The summed E-state index contributed by atoms with van der Waals surface area (Å²) in [5.41, 5.74) is 2.55. The Morgan fingerprint density at radius 1 is 1.14 bits per heavy atom. The molecule has 4 heteroatoms. The van der Waals surface area contributed by atoms with Gasteiger partial charge >= 0.3 is 0 Å². The average Bonchev–Trinajstić information content (AvgIpc) is 2.38. The number of phenols is 2. The van der Waals surface area contributed by atoms with Crippen molar-refractivity contribution in [3.63, 3.8) is 0 Å². The summed E-state index contributed by atoms with van der Waals surface area (Å²) in [7, 11) is 1.86. The minimum absolute atomic E-state index is 0.0582. The van der Waals surface area contributed by atoms with E-state index < -0.39 is 0 Å². The van der Waals surface area contributed by atoms with Crippen LogP contribution < -0.4 is 0 Å². The van der Waals surface area contributed by atoms with E-state index in [1.807, 2.05) is 37.1 Å². The van der Waals surface area contributed by atoms with Crippen LogP contribution >= 0.6 is 0 Å². The molecule has 2 aromatic rings. The van der Waals surface area contributed by atoms with E-state index in [9.17, 15) is 15.0 Å². The number of benzene rings is 2. The molecule has 0 fully saturated rings. The number of carbonyl (C=O) groups excluding carboxylic acids is 1. The summed E-state index contributed by atoms with van der Waals surface area (Å²) in [5, 5.41) is 18.9. The quantitative estimate of drug-likeness (QED) is 0.829. The van der Waals surface area contributed by atoms with Crippen LogP contribution in [-0.4, -0.2) is 34.5 Å². The minimum Gasteiger partial charge on any atom is -0.508 e. The molecule has 0 spiro atoms. The van der Waals surface area contributed by atoms with Crippen molar-refractivity contribution in [1.82, 2.24) is 4.90 Å². The topological polar surface area (TPSA) is 60.8 Å². The van der Waals surface area contributed by atoms with E-state index in [0.717, 1.165) is 5.56 Å². The van der Waals surface area contributed by atoms with Gasteiger partial charge in [0.05, 0.1) is 12.1 Å². The van der Waals surface area contributed by atoms with Crippen LogP contribution in [-0.2, 0) is 6.54 Å². The number of ketones is 1. The predicted molar refractivity (Wildman–Crippen MR) is 81.6 cm³/mol. The summed E-state index contributed by atoms with van der Waals surface area (Å²) in [6.07, 6.45) is 0. The Hall–Kier alpha value is -2.33. The molecular formula is C17H19NO3. The molecule has 0 heterocycles. The third kappa shape index (κ3) is 4.07. The van der Waals surface area contributed by atoms with Gasteiger partial charge in [0.1, 0.15) is 11.5 Å². The highest BCUT2D eigenvalue weighted by molar-refractivity contribution is 6.00. The minimum atomic E-state index is -0.191. The number of aromatic hydroxyl groups is 2. The van der Waals surface area contributed by atoms with Crippen molar-refractivity contribution in [2.45, 2.75) is 13.5 Å². The van der Waals surface area contributed by atoms with Crippen molar-refractivity contribution in [2.75, 3.05) is 13.6 Å². The SMILES string of the molecule is Cc1cccc(CN(C)CC(=O)c2ccc(O)cc2O)c1. The number of nitrogens with zero attached hydrogens (tertiary/aromatic N) is 1. The largest absolute Gasteiger partial charge is 0.508 e. The molecule has 0 atom stereocenters. The van der Waals surface area contributed by atoms with Gasteiger partial charge in [-0.05, 0) is 31.7 Å². The normalized spacial score (nSPS) is 10.8. The van der Waals surface area contributed by atoms with E-state index in [-0.39, 0.29) is 29.4 Å². The first-order valence-electron chi connectivity index (χ1n) is 6.75. The molecule has 0 unspecified atom stereocenters. The lowest BCUT2D eigenvalue weighted by Gasteiger charge is -2.16. The van der Waals surface area contributed by atoms with Crippen molar-refractivity contribution in [3.8, 4) is 11.5 Å². The summed E-state index contributed by atoms with van der Waals surface area (Å²) < 4.78 is 0. The number of Topliss-reactive ketones (excluding diaryl/α,β-unsaturated/α-hetero) is 1. The van der Waals surface area contributed by atoms with Gasteiger partial charge in [0.2, 0.25) is 0 Å². The fourth-order valence-corrected chi connectivity index (χ4v) is 2.26. The number of carbonyl (C=O) groups is 1. The summed E-state index contributed by atoms with van der Waals surface area (Å²) in [5.74, 6) is -0.427. The summed E-state index contributed by atoms with van der Waals surface area (Å²) in [6, 6.07) is 12.1. The van der Waals surface area contributed by atoms with E-state index in [1.165, 1.54) is 23.8 Å². The maximum absolute atomic E-state index is 12.2. The molecule has 0 aliphatic rings. The zero-order chi connectivity index (χ0) is 15.4. The van der Waals surface area contributed by atoms with Crippen LogP contribution in [0.15, 0.2) is 42.5 Å². The van der Waals surface area contributed by atoms with Gasteiger partial charge in [0, 0.05) is 12.6 Å². The second kappa shape index (κ2) is 6.41. The monoisotopic (exact) mass is 285 g/mol. The van der Waals surface area contributed by atoms with Crippen LogP contribution in [0, 0.1) is 6.92 Å². The lowest BCUT2D eigenvalue weighted by molar-refractivity contribution is 0.0940. The van der Waals surface area contributed by atoms with Crippen molar-refractivity contribution in [2.24, 2.45) is 0 Å². The van der Waals surface area contributed by atoms with Gasteiger partial charge in [-0.15, -0.1) is 0 Å². The van der Waals surface area contributed by atoms with E-state index in [2.05, 4.69) is 6.07 Å². The Morgan fingerprint density at radius 2 is 1.90 bits per heavy atom. The maximum Gasteiger partial charge on any atom is 0.180 e. The fourth-order valence-electron chi connectivity index (χ4n) is 2.26. The van der Waals surface area contributed by atoms with Crippen LogP contribution in [0.4, 0.5) is 0 Å².